The van der Waals surface area contributed by atoms with E-state index < -0.39 is 5.97 Å². The highest BCUT2D eigenvalue weighted by atomic mass is 16.4. The molecule has 1 aliphatic rings. The summed E-state index contributed by atoms with van der Waals surface area (Å²) in [6.07, 6.45) is 5.29. The Labute approximate surface area is 112 Å². The second-order valence-electron chi connectivity index (χ2n) is 6.38. The minimum Gasteiger partial charge on any atom is -0.477 e. The summed E-state index contributed by atoms with van der Waals surface area (Å²) in [5.41, 5.74) is -0.342. The molecule has 0 aliphatic heterocycles. The van der Waals surface area contributed by atoms with E-state index >= 15 is 0 Å². The van der Waals surface area contributed by atoms with Crippen LogP contribution in [0, 0.1) is 0 Å². The SMILES string of the molecule is CC(C)(C)c1[nH]n(C2CCCCC2)c(=O)c1C(=O)O. The van der Waals surface area contributed by atoms with E-state index in [4.69, 9.17) is 0 Å². The third-order valence-corrected chi connectivity index (χ3v) is 3.82. The van der Waals surface area contributed by atoms with Gasteiger partial charge >= 0.3 is 5.97 Å². The van der Waals surface area contributed by atoms with Crippen LogP contribution in [0.25, 0.3) is 0 Å². The lowest BCUT2D eigenvalue weighted by molar-refractivity contribution is 0.0692. The van der Waals surface area contributed by atoms with Gasteiger partial charge in [0, 0.05) is 5.41 Å². The Hall–Kier alpha value is -1.52. The van der Waals surface area contributed by atoms with Crippen LogP contribution in [-0.2, 0) is 5.41 Å². The number of nitrogens with zero attached hydrogens (tertiary/aromatic N) is 1. The number of aromatic carboxylic acids is 1. The zero-order valence-electron chi connectivity index (χ0n) is 11.8. The first kappa shape index (κ1) is 13.9. The van der Waals surface area contributed by atoms with E-state index in [2.05, 4.69) is 5.10 Å². The van der Waals surface area contributed by atoms with Gasteiger partial charge < -0.3 is 5.11 Å². The third kappa shape index (κ3) is 2.60. The normalized spacial score (nSPS) is 17.6. The average Bonchev–Trinajstić information content (AvgIpc) is 2.68. The molecule has 5 heteroatoms. The highest BCUT2D eigenvalue weighted by Crippen LogP contribution is 2.29. The maximum absolute atomic E-state index is 12.3. The van der Waals surface area contributed by atoms with Crippen molar-refractivity contribution in [2.75, 3.05) is 0 Å². The number of carbonyl (C=O) groups is 1. The van der Waals surface area contributed by atoms with Crippen LogP contribution in [0.15, 0.2) is 4.79 Å². The van der Waals surface area contributed by atoms with Gasteiger partial charge in [-0.25, -0.2) is 9.48 Å². The van der Waals surface area contributed by atoms with Gasteiger partial charge in [-0.1, -0.05) is 40.0 Å². The summed E-state index contributed by atoms with van der Waals surface area (Å²) in [5, 5.41) is 12.4. The van der Waals surface area contributed by atoms with E-state index in [1.165, 1.54) is 6.42 Å². The Morgan fingerprint density at radius 3 is 2.26 bits per heavy atom. The minimum atomic E-state index is -1.14. The first-order valence-corrected chi connectivity index (χ1v) is 6.90. The summed E-state index contributed by atoms with van der Waals surface area (Å²) in [6.45, 7) is 5.74. The van der Waals surface area contributed by atoms with Crippen LogP contribution in [0.2, 0.25) is 0 Å². The number of H-pyrrole nitrogens is 1. The molecule has 0 saturated heterocycles. The predicted molar refractivity (Wildman–Crippen MR) is 72.8 cm³/mol. The highest BCUT2D eigenvalue weighted by molar-refractivity contribution is 5.88. The topological polar surface area (TPSA) is 75.1 Å². The van der Waals surface area contributed by atoms with Crippen molar-refractivity contribution in [3.8, 4) is 0 Å². The van der Waals surface area contributed by atoms with Gasteiger partial charge in [0.2, 0.25) is 0 Å². The Kier molecular flexibility index (Phi) is 3.56. The molecule has 1 aromatic rings. The molecule has 0 unspecified atom stereocenters. The molecule has 1 fully saturated rings. The van der Waals surface area contributed by atoms with Crippen LogP contribution in [0.3, 0.4) is 0 Å². The Morgan fingerprint density at radius 2 is 1.84 bits per heavy atom. The van der Waals surface area contributed by atoms with E-state index in [0.717, 1.165) is 25.7 Å². The first-order chi connectivity index (χ1) is 8.82. The molecule has 0 spiro atoms. The quantitative estimate of drug-likeness (QED) is 0.864. The second-order valence-corrected chi connectivity index (χ2v) is 6.38. The van der Waals surface area contributed by atoms with Crippen molar-refractivity contribution < 1.29 is 9.90 Å². The first-order valence-electron chi connectivity index (χ1n) is 6.90. The lowest BCUT2D eigenvalue weighted by atomic mass is 9.89. The van der Waals surface area contributed by atoms with Gasteiger partial charge in [0.1, 0.15) is 5.56 Å². The number of nitrogens with one attached hydrogen (secondary N) is 1. The fourth-order valence-corrected chi connectivity index (χ4v) is 2.79. The molecule has 0 amide bonds. The standard InChI is InChI=1S/C14H22N2O3/c1-14(2,3)11-10(13(18)19)12(17)16(15-11)9-7-5-4-6-8-9/h9,15H,4-8H2,1-3H3,(H,18,19). The zero-order valence-corrected chi connectivity index (χ0v) is 11.8. The van der Waals surface area contributed by atoms with E-state index in [1.807, 2.05) is 20.8 Å². The number of carboxylic acid groups (broad SMARTS) is 1. The Morgan fingerprint density at radius 1 is 1.26 bits per heavy atom. The molecule has 1 saturated carbocycles. The fraction of sp³-hybridized carbons (Fsp3) is 0.714. The van der Waals surface area contributed by atoms with Crippen LogP contribution in [-0.4, -0.2) is 20.9 Å². The van der Waals surface area contributed by atoms with Gasteiger partial charge in [0.25, 0.3) is 5.56 Å². The molecule has 106 valence electrons. The number of hydrogen-bond acceptors (Lipinski definition) is 2. The van der Waals surface area contributed by atoms with Crippen molar-refractivity contribution in [3.63, 3.8) is 0 Å². The van der Waals surface area contributed by atoms with E-state index in [1.54, 1.807) is 4.68 Å². The Bertz CT molecular complexity index is 528. The summed E-state index contributed by atoms with van der Waals surface area (Å²) in [6, 6.07) is 0.121. The monoisotopic (exact) mass is 266 g/mol. The Balaban J connectivity index is 2.52. The fourth-order valence-electron chi connectivity index (χ4n) is 2.79. The largest absolute Gasteiger partial charge is 0.477 e. The van der Waals surface area contributed by atoms with Gasteiger partial charge in [-0.3, -0.25) is 9.89 Å². The van der Waals surface area contributed by atoms with Crippen molar-refractivity contribution in [1.29, 1.82) is 0 Å². The number of aromatic amines is 1. The highest BCUT2D eigenvalue weighted by Gasteiger charge is 2.30. The molecule has 1 heterocycles. The van der Waals surface area contributed by atoms with Crippen LogP contribution in [0.4, 0.5) is 0 Å². The van der Waals surface area contributed by atoms with Crippen molar-refractivity contribution >= 4 is 5.97 Å². The molecular weight excluding hydrogens is 244 g/mol. The molecular formula is C14H22N2O3. The van der Waals surface area contributed by atoms with Gasteiger partial charge in [-0.15, -0.1) is 0 Å². The maximum Gasteiger partial charge on any atom is 0.343 e. The zero-order chi connectivity index (χ0) is 14.2. The van der Waals surface area contributed by atoms with Crippen LogP contribution >= 0.6 is 0 Å². The molecule has 19 heavy (non-hydrogen) atoms. The molecule has 1 aliphatic carbocycles. The smallest absolute Gasteiger partial charge is 0.343 e. The summed E-state index contributed by atoms with van der Waals surface area (Å²) in [5.74, 6) is -1.14. The molecule has 0 radical (unpaired) electrons. The van der Waals surface area contributed by atoms with Gasteiger partial charge in [-0.05, 0) is 12.8 Å². The summed E-state index contributed by atoms with van der Waals surface area (Å²) >= 11 is 0. The van der Waals surface area contributed by atoms with Crippen LogP contribution in [0.1, 0.15) is 75.0 Å². The molecule has 0 atom stereocenters. The molecule has 2 rings (SSSR count). The summed E-state index contributed by atoms with van der Waals surface area (Å²) in [7, 11) is 0. The predicted octanol–water partition coefficient (Wildman–Crippen LogP) is 2.68. The second kappa shape index (κ2) is 4.87. The van der Waals surface area contributed by atoms with Gasteiger partial charge in [0.15, 0.2) is 0 Å². The van der Waals surface area contributed by atoms with E-state index in [9.17, 15) is 14.7 Å². The minimum absolute atomic E-state index is 0.0990. The summed E-state index contributed by atoms with van der Waals surface area (Å²) in [4.78, 5) is 23.7. The number of aromatic nitrogens is 2. The average molecular weight is 266 g/mol. The lowest BCUT2D eigenvalue weighted by Gasteiger charge is -2.23. The molecule has 0 bridgehead atoms. The number of carboxylic acids is 1. The molecule has 0 aromatic carbocycles. The number of rotatable bonds is 2. The van der Waals surface area contributed by atoms with Crippen molar-refractivity contribution in [2.45, 2.75) is 64.3 Å². The molecule has 5 nitrogen and oxygen atoms in total. The van der Waals surface area contributed by atoms with Crippen LogP contribution < -0.4 is 5.56 Å². The summed E-state index contributed by atoms with van der Waals surface area (Å²) < 4.78 is 1.54. The van der Waals surface area contributed by atoms with Crippen LogP contribution in [0.5, 0.6) is 0 Å². The van der Waals surface area contributed by atoms with E-state index in [-0.39, 0.29) is 22.6 Å². The molecule has 1 aromatic heterocycles. The lowest BCUT2D eigenvalue weighted by Crippen LogP contribution is -2.27. The van der Waals surface area contributed by atoms with Crippen molar-refractivity contribution in [1.82, 2.24) is 9.78 Å². The number of hydrogen-bond donors (Lipinski definition) is 2. The third-order valence-electron chi connectivity index (χ3n) is 3.82. The molecule has 2 N–H and O–H groups in total. The van der Waals surface area contributed by atoms with Gasteiger partial charge in [-0.2, -0.15) is 0 Å². The van der Waals surface area contributed by atoms with E-state index in [0.29, 0.717) is 5.69 Å². The van der Waals surface area contributed by atoms with Crippen molar-refractivity contribution in [3.05, 3.63) is 21.6 Å². The van der Waals surface area contributed by atoms with Crippen molar-refractivity contribution in [2.24, 2.45) is 0 Å². The van der Waals surface area contributed by atoms with Gasteiger partial charge in [0.05, 0.1) is 11.7 Å². The maximum atomic E-state index is 12.3.